The summed E-state index contributed by atoms with van der Waals surface area (Å²) in [5.74, 6) is -2.75. The molecule has 0 bridgehead atoms. The van der Waals surface area contributed by atoms with Gasteiger partial charge < -0.3 is 15.3 Å². The van der Waals surface area contributed by atoms with Gasteiger partial charge in [0.1, 0.15) is 0 Å². The molecule has 186 valence electrons. The third-order valence-electron chi connectivity index (χ3n) is 5.52. The summed E-state index contributed by atoms with van der Waals surface area (Å²) in [6.07, 6.45) is 0.522. The van der Waals surface area contributed by atoms with E-state index in [2.05, 4.69) is 51.4 Å². The highest BCUT2D eigenvalue weighted by Gasteiger charge is 2.38. The molecule has 1 saturated heterocycles. The molecule has 11 heteroatoms. The van der Waals surface area contributed by atoms with E-state index in [4.69, 9.17) is 21.5 Å². The number of hydrogen-bond donors (Lipinski definition) is 2. The van der Waals surface area contributed by atoms with E-state index >= 15 is 0 Å². The number of aromatic nitrogens is 1. The van der Waals surface area contributed by atoms with E-state index in [9.17, 15) is 18.0 Å². The van der Waals surface area contributed by atoms with Gasteiger partial charge in [-0.1, -0.05) is 39.7 Å². The van der Waals surface area contributed by atoms with Crippen LogP contribution in [0.4, 0.5) is 18.9 Å². The van der Waals surface area contributed by atoms with Gasteiger partial charge in [-0.05, 0) is 49.6 Å². The number of nitrogens with zero attached hydrogens (tertiary/aromatic N) is 2. The molecule has 0 radical (unpaired) electrons. The van der Waals surface area contributed by atoms with Crippen molar-refractivity contribution >= 4 is 55.9 Å². The standard InChI is InChI=1S/C22H21BrClN3O.C2HF3O2/c1-14-12-25-13-15-3-2-4-20(21(14)15)26-17-7-9-27(10-8-17)22(28)18-6-5-16(23)11-19(18)24;3-2(4,5)1(6)7/h2-6,11-13,17,26H,7-10H2,1H3;(H,6,7). The number of aryl methyl sites for hydroxylation is 1. The second-order valence-electron chi connectivity index (χ2n) is 8.00. The molecule has 4 rings (SSSR count). The van der Waals surface area contributed by atoms with Crippen molar-refractivity contribution in [3.63, 3.8) is 0 Å². The molecule has 1 amide bonds. The Kier molecular flexibility index (Phi) is 8.60. The van der Waals surface area contributed by atoms with Gasteiger partial charge in [0.15, 0.2) is 0 Å². The third kappa shape index (κ3) is 6.85. The van der Waals surface area contributed by atoms with Crippen LogP contribution in [-0.2, 0) is 4.79 Å². The van der Waals surface area contributed by atoms with Gasteiger partial charge in [0.2, 0.25) is 0 Å². The molecule has 1 fully saturated rings. The molecule has 1 aliphatic heterocycles. The lowest BCUT2D eigenvalue weighted by molar-refractivity contribution is -0.192. The molecular weight excluding hydrogens is 551 g/mol. The first kappa shape index (κ1) is 26.7. The Hall–Kier alpha value is -2.85. The van der Waals surface area contributed by atoms with Crippen LogP contribution < -0.4 is 5.32 Å². The van der Waals surface area contributed by atoms with E-state index in [1.807, 2.05) is 23.4 Å². The van der Waals surface area contributed by atoms with Crippen LogP contribution in [0.25, 0.3) is 10.8 Å². The van der Waals surface area contributed by atoms with Crippen LogP contribution in [0.1, 0.15) is 28.8 Å². The Labute approximate surface area is 213 Å². The van der Waals surface area contributed by atoms with Crippen LogP contribution in [0.5, 0.6) is 0 Å². The Balaban J connectivity index is 0.000000429. The molecule has 3 aromatic rings. The number of carboxylic acid groups (broad SMARTS) is 1. The zero-order valence-electron chi connectivity index (χ0n) is 18.6. The molecule has 0 unspecified atom stereocenters. The number of anilines is 1. The summed E-state index contributed by atoms with van der Waals surface area (Å²) in [6.45, 7) is 3.52. The average molecular weight is 573 g/mol. The van der Waals surface area contributed by atoms with Crippen molar-refractivity contribution in [2.24, 2.45) is 0 Å². The first-order valence-corrected chi connectivity index (χ1v) is 11.8. The number of hydrogen-bond acceptors (Lipinski definition) is 4. The van der Waals surface area contributed by atoms with E-state index in [-0.39, 0.29) is 5.91 Å². The fourth-order valence-electron chi connectivity index (χ4n) is 3.81. The number of carboxylic acids is 1. The highest BCUT2D eigenvalue weighted by atomic mass is 79.9. The summed E-state index contributed by atoms with van der Waals surface area (Å²) < 4.78 is 32.6. The first-order valence-electron chi connectivity index (χ1n) is 10.6. The summed E-state index contributed by atoms with van der Waals surface area (Å²) in [6, 6.07) is 12.0. The lowest BCUT2D eigenvalue weighted by atomic mass is 10.0. The Morgan fingerprint density at radius 3 is 2.43 bits per heavy atom. The molecule has 6 nitrogen and oxygen atoms in total. The number of benzene rings is 2. The lowest BCUT2D eigenvalue weighted by Crippen LogP contribution is -2.42. The monoisotopic (exact) mass is 571 g/mol. The maximum atomic E-state index is 12.8. The minimum absolute atomic E-state index is 0.00281. The molecule has 0 aliphatic carbocycles. The maximum absolute atomic E-state index is 12.8. The average Bonchev–Trinajstić information content (AvgIpc) is 2.79. The number of carbonyl (C=O) groups excluding carboxylic acids is 1. The number of halogens is 5. The molecule has 0 atom stereocenters. The minimum Gasteiger partial charge on any atom is -0.475 e. The Bertz CT molecular complexity index is 1230. The zero-order valence-corrected chi connectivity index (χ0v) is 20.9. The molecule has 1 aliphatic rings. The van der Waals surface area contributed by atoms with E-state index in [1.54, 1.807) is 12.1 Å². The Morgan fingerprint density at radius 2 is 1.83 bits per heavy atom. The summed E-state index contributed by atoms with van der Waals surface area (Å²) in [4.78, 5) is 27.9. The first-order chi connectivity index (χ1) is 16.5. The molecule has 0 saturated carbocycles. The van der Waals surface area contributed by atoms with E-state index in [0.29, 0.717) is 29.7 Å². The second-order valence-corrected chi connectivity index (χ2v) is 9.32. The molecule has 2 heterocycles. The SMILES string of the molecule is Cc1cncc2cccc(NC3CCN(C(=O)c4ccc(Br)cc4Cl)CC3)c12.O=C(O)C(F)(F)F. The van der Waals surface area contributed by atoms with E-state index in [0.717, 1.165) is 34.0 Å². The third-order valence-corrected chi connectivity index (χ3v) is 6.32. The molecule has 0 spiro atoms. The predicted molar refractivity (Wildman–Crippen MR) is 132 cm³/mol. The number of aliphatic carboxylic acids is 1. The van der Waals surface area contributed by atoms with Gasteiger partial charge in [-0.15, -0.1) is 0 Å². The van der Waals surface area contributed by atoms with Gasteiger partial charge in [0.05, 0.1) is 10.6 Å². The number of fused-ring (bicyclic) bond motifs is 1. The maximum Gasteiger partial charge on any atom is 0.490 e. The van der Waals surface area contributed by atoms with Crippen LogP contribution in [0, 0.1) is 6.92 Å². The number of nitrogens with one attached hydrogen (secondary N) is 1. The van der Waals surface area contributed by atoms with Crippen LogP contribution in [-0.4, -0.2) is 52.2 Å². The number of piperidine rings is 1. The zero-order chi connectivity index (χ0) is 25.8. The molecule has 35 heavy (non-hydrogen) atoms. The van der Waals surface area contributed by atoms with Gasteiger partial charge in [-0.2, -0.15) is 13.2 Å². The van der Waals surface area contributed by atoms with E-state index in [1.165, 1.54) is 5.39 Å². The summed E-state index contributed by atoms with van der Waals surface area (Å²) in [5.41, 5.74) is 2.87. The van der Waals surface area contributed by atoms with Crippen LogP contribution >= 0.6 is 27.5 Å². The highest BCUT2D eigenvalue weighted by molar-refractivity contribution is 9.10. The fourth-order valence-corrected chi connectivity index (χ4v) is 4.57. The number of amides is 1. The van der Waals surface area contributed by atoms with E-state index < -0.39 is 12.1 Å². The molecular formula is C24H22BrClF3N3O3. The van der Waals surface area contributed by atoms with Crippen LogP contribution in [0.2, 0.25) is 5.02 Å². The van der Waals surface area contributed by atoms with Gasteiger partial charge in [0, 0.05) is 52.5 Å². The number of likely N-dealkylation sites (tertiary alicyclic amines) is 1. The van der Waals surface area contributed by atoms with Crippen molar-refractivity contribution in [1.29, 1.82) is 0 Å². The topological polar surface area (TPSA) is 82.5 Å². The van der Waals surface area contributed by atoms with Crippen LogP contribution in [0.15, 0.2) is 53.3 Å². The lowest BCUT2D eigenvalue weighted by Gasteiger charge is -2.33. The van der Waals surface area contributed by atoms with Gasteiger partial charge >= 0.3 is 12.1 Å². The normalized spacial score (nSPS) is 14.3. The number of pyridine rings is 1. The fraction of sp³-hybridized carbons (Fsp3) is 0.292. The van der Waals surface area contributed by atoms with Crippen molar-refractivity contribution in [2.45, 2.75) is 32.0 Å². The van der Waals surface area contributed by atoms with Gasteiger partial charge in [-0.25, -0.2) is 4.79 Å². The number of carbonyl (C=O) groups is 2. The molecule has 2 aromatic carbocycles. The molecule has 1 aromatic heterocycles. The van der Waals surface area contributed by atoms with Gasteiger partial charge in [0.25, 0.3) is 5.91 Å². The molecule has 2 N–H and O–H groups in total. The predicted octanol–water partition coefficient (Wildman–Crippen LogP) is 6.31. The highest BCUT2D eigenvalue weighted by Crippen LogP contribution is 2.29. The summed E-state index contributed by atoms with van der Waals surface area (Å²) >= 11 is 9.64. The number of rotatable bonds is 3. The minimum atomic E-state index is -5.08. The summed E-state index contributed by atoms with van der Waals surface area (Å²) in [7, 11) is 0. The smallest absolute Gasteiger partial charge is 0.475 e. The quantitative estimate of drug-likeness (QED) is 0.384. The number of alkyl halides is 3. The second kappa shape index (κ2) is 11.3. The van der Waals surface area contributed by atoms with Gasteiger partial charge in [-0.3, -0.25) is 9.78 Å². The van der Waals surface area contributed by atoms with Crippen molar-refractivity contribution in [3.05, 3.63) is 69.4 Å². The Morgan fingerprint density at radius 1 is 1.17 bits per heavy atom. The van der Waals surface area contributed by atoms with Crippen molar-refractivity contribution in [3.8, 4) is 0 Å². The largest absolute Gasteiger partial charge is 0.490 e. The summed E-state index contributed by atoms with van der Waals surface area (Å²) in [5, 5.41) is 13.7. The van der Waals surface area contributed by atoms with Crippen LogP contribution in [0.3, 0.4) is 0 Å². The van der Waals surface area contributed by atoms with Crippen molar-refractivity contribution < 1.29 is 27.9 Å². The van der Waals surface area contributed by atoms with Crippen molar-refractivity contribution in [2.75, 3.05) is 18.4 Å². The van der Waals surface area contributed by atoms with Crippen molar-refractivity contribution in [1.82, 2.24) is 9.88 Å².